The predicted octanol–water partition coefficient (Wildman–Crippen LogP) is 1.05. The van der Waals surface area contributed by atoms with Crippen molar-refractivity contribution >= 4 is 21.8 Å². The van der Waals surface area contributed by atoms with Gasteiger partial charge in [-0.15, -0.1) is 0 Å². The Kier molecular flexibility index (Phi) is 4.37. The van der Waals surface area contributed by atoms with Gasteiger partial charge in [0.05, 0.1) is 6.54 Å². The molecule has 0 aliphatic carbocycles. The lowest BCUT2D eigenvalue weighted by Gasteiger charge is -2.37. The van der Waals surface area contributed by atoms with Crippen LogP contribution in [0.25, 0.3) is 0 Å². The van der Waals surface area contributed by atoms with Gasteiger partial charge in [-0.2, -0.15) is 0 Å². The maximum atomic E-state index is 12.0. The monoisotopic (exact) mass is 311 g/mol. The summed E-state index contributed by atoms with van der Waals surface area (Å²) in [7, 11) is 1.83. The van der Waals surface area contributed by atoms with Crippen LogP contribution in [0.4, 0.5) is 0 Å². The van der Waals surface area contributed by atoms with E-state index in [4.69, 9.17) is 5.73 Å². The second-order valence-electron chi connectivity index (χ2n) is 4.80. The van der Waals surface area contributed by atoms with Crippen molar-refractivity contribution in [3.8, 4) is 0 Å². The van der Waals surface area contributed by atoms with Crippen molar-refractivity contribution in [1.82, 2.24) is 9.80 Å². The van der Waals surface area contributed by atoms with Crippen LogP contribution in [0.1, 0.15) is 5.56 Å². The highest BCUT2D eigenvalue weighted by Crippen LogP contribution is 2.17. The molecule has 0 aromatic heterocycles. The number of nitrogens with zero attached hydrogens (tertiary/aromatic N) is 2. The summed E-state index contributed by atoms with van der Waals surface area (Å²) >= 11 is 3.49. The molecular weight excluding hydrogens is 294 g/mol. The van der Waals surface area contributed by atoms with Gasteiger partial charge >= 0.3 is 0 Å². The van der Waals surface area contributed by atoms with Crippen molar-refractivity contribution in [1.29, 1.82) is 0 Å². The fourth-order valence-corrected chi connectivity index (χ4v) is 2.43. The van der Waals surface area contributed by atoms with Gasteiger partial charge in [-0.3, -0.25) is 9.69 Å². The molecule has 4 nitrogen and oxygen atoms in total. The highest BCUT2D eigenvalue weighted by molar-refractivity contribution is 9.10. The van der Waals surface area contributed by atoms with E-state index in [1.807, 2.05) is 31.3 Å². The fraction of sp³-hybridized carbons (Fsp3) is 0.462. The zero-order valence-corrected chi connectivity index (χ0v) is 12.1. The molecule has 0 radical (unpaired) electrons. The number of hydrogen-bond donors (Lipinski definition) is 1. The molecular formula is C13H18BrN3O. The lowest BCUT2D eigenvalue weighted by atomic mass is 10.1. The van der Waals surface area contributed by atoms with Gasteiger partial charge in [0.15, 0.2) is 0 Å². The maximum absolute atomic E-state index is 12.0. The Morgan fingerprint density at radius 2 is 2.17 bits per heavy atom. The number of rotatable bonds is 4. The average molecular weight is 312 g/mol. The van der Waals surface area contributed by atoms with Crippen LogP contribution >= 0.6 is 15.9 Å². The third kappa shape index (κ3) is 3.31. The van der Waals surface area contributed by atoms with Crippen LogP contribution in [-0.2, 0) is 11.3 Å². The second kappa shape index (κ2) is 5.82. The highest BCUT2D eigenvalue weighted by Gasteiger charge is 2.25. The molecule has 98 valence electrons. The molecule has 1 heterocycles. The number of carbonyl (C=O) groups is 1. The van der Waals surface area contributed by atoms with Crippen LogP contribution in [0.15, 0.2) is 28.7 Å². The highest BCUT2D eigenvalue weighted by atomic mass is 79.9. The second-order valence-corrected chi connectivity index (χ2v) is 5.65. The molecule has 2 N–H and O–H groups in total. The first kappa shape index (κ1) is 13.5. The topological polar surface area (TPSA) is 49.6 Å². The number of benzene rings is 1. The maximum Gasteiger partial charge on any atom is 0.236 e. The quantitative estimate of drug-likeness (QED) is 0.904. The molecule has 1 aromatic rings. The molecule has 1 amide bonds. The van der Waals surface area contributed by atoms with E-state index in [-0.39, 0.29) is 11.9 Å². The third-order valence-corrected chi connectivity index (χ3v) is 3.91. The van der Waals surface area contributed by atoms with Crippen molar-refractivity contribution in [2.45, 2.75) is 12.6 Å². The van der Waals surface area contributed by atoms with E-state index < -0.39 is 0 Å². The SMILES string of the molecule is CN(Cc1ccccc1Br)C(=O)CN1CC(N)C1. The molecule has 1 saturated heterocycles. The summed E-state index contributed by atoms with van der Waals surface area (Å²) in [6.07, 6.45) is 0. The van der Waals surface area contributed by atoms with E-state index in [1.165, 1.54) is 0 Å². The summed E-state index contributed by atoms with van der Waals surface area (Å²) in [5, 5.41) is 0. The number of hydrogen-bond acceptors (Lipinski definition) is 3. The molecule has 18 heavy (non-hydrogen) atoms. The molecule has 0 atom stereocenters. The Hall–Kier alpha value is -0.910. The van der Waals surface area contributed by atoms with Crippen LogP contribution < -0.4 is 5.73 Å². The zero-order valence-electron chi connectivity index (χ0n) is 10.5. The number of amides is 1. The van der Waals surface area contributed by atoms with Crippen LogP contribution in [-0.4, -0.2) is 48.4 Å². The van der Waals surface area contributed by atoms with E-state index in [0.717, 1.165) is 23.1 Å². The van der Waals surface area contributed by atoms with Crippen LogP contribution in [0.3, 0.4) is 0 Å². The molecule has 0 unspecified atom stereocenters. The number of carbonyl (C=O) groups excluding carboxylic acids is 1. The molecule has 1 aliphatic rings. The summed E-state index contributed by atoms with van der Waals surface area (Å²) in [6, 6.07) is 8.20. The lowest BCUT2D eigenvalue weighted by molar-refractivity contribution is -0.132. The smallest absolute Gasteiger partial charge is 0.236 e. The van der Waals surface area contributed by atoms with Crippen LogP contribution in [0, 0.1) is 0 Å². The van der Waals surface area contributed by atoms with Gasteiger partial charge in [-0.1, -0.05) is 34.1 Å². The van der Waals surface area contributed by atoms with Crippen LogP contribution in [0.2, 0.25) is 0 Å². The first-order valence-corrected chi connectivity index (χ1v) is 6.81. The van der Waals surface area contributed by atoms with Crippen molar-refractivity contribution in [3.05, 3.63) is 34.3 Å². The first-order chi connectivity index (χ1) is 8.56. The van der Waals surface area contributed by atoms with Gasteiger partial charge in [0.2, 0.25) is 5.91 Å². The van der Waals surface area contributed by atoms with Crippen molar-refractivity contribution in [2.75, 3.05) is 26.7 Å². The van der Waals surface area contributed by atoms with Gasteiger partial charge in [-0.05, 0) is 11.6 Å². The fourth-order valence-electron chi connectivity index (χ4n) is 2.02. The van der Waals surface area contributed by atoms with Crippen molar-refractivity contribution in [2.24, 2.45) is 5.73 Å². The molecule has 1 aromatic carbocycles. The summed E-state index contributed by atoms with van der Waals surface area (Å²) in [5.74, 6) is 0.137. The third-order valence-electron chi connectivity index (χ3n) is 3.14. The van der Waals surface area contributed by atoms with E-state index >= 15 is 0 Å². The molecule has 0 bridgehead atoms. The summed E-state index contributed by atoms with van der Waals surface area (Å²) in [5.41, 5.74) is 6.81. The van der Waals surface area contributed by atoms with Gasteiger partial charge in [0.1, 0.15) is 0 Å². The van der Waals surface area contributed by atoms with E-state index in [1.54, 1.807) is 4.90 Å². The zero-order chi connectivity index (χ0) is 13.1. The molecule has 0 spiro atoms. The number of likely N-dealkylation sites (tertiary alicyclic amines) is 1. The normalized spacial score (nSPS) is 16.4. The van der Waals surface area contributed by atoms with Crippen molar-refractivity contribution in [3.63, 3.8) is 0 Å². The van der Waals surface area contributed by atoms with Gasteiger partial charge in [-0.25, -0.2) is 0 Å². The predicted molar refractivity (Wildman–Crippen MR) is 75.0 cm³/mol. The Balaban J connectivity index is 1.86. The number of likely N-dealkylation sites (N-methyl/N-ethyl adjacent to an activating group) is 1. The Morgan fingerprint density at radius 3 is 2.78 bits per heavy atom. The molecule has 5 heteroatoms. The lowest BCUT2D eigenvalue weighted by Crippen LogP contribution is -2.57. The molecule has 0 saturated carbocycles. The van der Waals surface area contributed by atoms with Crippen LogP contribution in [0.5, 0.6) is 0 Å². The Bertz CT molecular complexity index is 432. The summed E-state index contributed by atoms with van der Waals surface area (Å²) in [6.45, 7) is 2.75. The molecule has 2 rings (SSSR count). The average Bonchev–Trinajstić information content (AvgIpc) is 2.30. The summed E-state index contributed by atoms with van der Waals surface area (Å²) < 4.78 is 1.04. The Morgan fingerprint density at radius 1 is 1.50 bits per heavy atom. The first-order valence-electron chi connectivity index (χ1n) is 6.01. The Labute approximate surface area is 116 Å². The minimum atomic E-state index is 0.137. The number of halogens is 1. The van der Waals surface area contributed by atoms with E-state index in [2.05, 4.69) is 20.8 Å². The van der Waals surface area contributed by atoms with E-state index in [9.17, 15) is 4.79 Å². The molecule has 1 aliphatic heterocycles. The number of nitrogens with two attached hydrogens (primary N) is 1. The van der Waals surface area contributed by atoms with Gasteiger partial charge < -0.3 is 10.6 Å². The summed E-state index contributed by atoms with van der Waals surface area (Å²) in [4.78, 5) is 15.8. The minimum Gasteiger partial charge on any atom is -0.340 e. The van der Waals surface area contributed by atoms with E-state index in [0.29, 0.717) is 13.1 Å². The molecule has 1 fully saturated rings. The minimum absolute atomic E-state index is 0.137. The van der Waals surface area contributed by atoms with Crippen molar-refractivity contribution < 1.29 is 4.79 Å². The standard InChI is InChI=1S/C13H18BrN3O/c1-16(6-10-4-2-3-5-12(10)14)13(18)9-17-7-11(15)8-17/h2-5,11H,6-9,15H2,1H3. The van der Waals surface area contributed by atoms with Gasteiger partial charge in [0, 0.05) is 37.2 Å². The largest absolute Gasteiger partial charge is 0.340 e. The van der Waals surface area contributed by atoms with Gasteiger partial charge in [0.25, 0.3) is 0 Å².